The van der Waals surface area contributed by atoms with E-state index in [9.17, 15) is 4.79 Å². The zero-order valence-electron chi connectivity index (χ0n) is 13.6. The molecule has 118 valence electrons. The number of hydrogen-bond acceptors (Lipinski definition) is 2. The average molecular weight is 300 g/mol. The first-order chi connectivity index (χ1) is 10.6. The van der Waals surface area contributed by atoms with E-state index in [1.807, 2.05) is 18.5 Å². The highest BCUT2D eigenvalue weighted by atomic mass is 16.5. The molecule has 2 heterocycles. The molecule has 4 heteroatoms. The summed E-state index contributed by atoms with van der Waals surface area (Å²) in [6.07, 6.45) is 3.30. The number of aryl methyl sites for hydroxylation is 3. The number of amides is 1. The van der Waals surface area contributed by atoms with Crippen LogP contribution in [0.5, 0.6) is 0 Å². The Hall–Kier alpha value is -1.81. The maximum Gasteiger partial charge on any atom is 0.268 e. The van der Waals surface area contributed by atoms with Gasteiger partial charge in [0.15, 0.2) is 0 Å². The fourth-order valence-electron chi connectivity index (χ4n) is 3.31. The summed E-state index contributed by atoms with van der Waals surface area (Å²) in [7, 11) is 1.96. The van der Waals surface area contributed by atoms with Crippen molar-refractivity contribution >= 4 is 16.8 Å². The highest BCUT2D eigenvalue weighted by Crippen LogP contribution is 2.26. The van der Waals surface area contributed by atoms with Crippen LogP contribution in [0.25, 0.3) is 10.9 Å². The predicted molar refractivity (Wildman–Crippen MR) is 88.3 cm³/mol. The Labute approximate surface area is 131 Å². The zero-order chi connectivity index (χ0) is 15.7. The van der Waals surface area contributed by atoms with Crippen LogP contribution >= 0.6 is 0 Å². The molecule has 1 aliphatic heterocycles. The van der Waals surface area contributed by atoms with Gasteiger partial charge < -0.3 is 14.6 Å². The van der Waals surface area contributed by atoms with Gasteiger partial charge in [-0.3, -0.25) is 4.79 Å². The van der Waals surface area contributed by atoms with Crippen molar-refractivity contribution in [2.75, 3.05) is 13.2 Å². The number of nitrogens with one attached hydrogen (secondary N) is 1. The summed E-state index contributed by atoms with van der Waals surface area (Å²) in [4.78, 5) is 12.6. The van der Waals surface area contributed by atoms with E-state index in [-0.39, 0.29) is 12.0 Å². The Morgan fingerprint density at radius 2 is 2.27 bits per heavy atom. The third-order valence-electron chi connectivity index (χ3n) is 4.65. The number of ether oxygens (including phenoxy) is 1. The lowest BCUT2D eigenvalue weighted by atomic mass is 10.1. The van der Waals surface area contributed by atoms with E-state index in [4.69, 9.17) is 4.74 Å². The first-order valence-corrected chi connectivity index (χ1v) is 8.09. The Kier molecular flexibility index (Phi) is 4.21. The number of nitrogens with zero attached hydrogens (tertiary/aromatic N) is 1. The van der Waals surface area contributed by atoms with Gasteiger partial charge in [0, 0.05) is 31.1 Å². The van der Waals surface area contributed by atoms with Crippen LogP contribution in [0, 0.1) is 6.92 Å². The van der Waals surface area contributed by atoms with Crippen LogP contribution < -0.4 is 5.32 Å². The van der Waals surface area contributed by atoms with Crippen LogP contribution in [-0.4, -0.2) is 29.7 Å². The fraction of sp³-hybridized carbons (Fsp3) is 0.500. The van der Waals surface area contributed by atoms with Crippen molar-refractivity contribution in [1.29, 1.82) is 0 Å². The number of carbonyl (C=O) groups is 1. The molecule has 22 heavy (non-hydrogen) atoms. The van der Waals surface area contributed by atoms with Crippen LogP contribution in [0.3, 0.4) is 0 Å². The molecule has 0 radical (unpaired) electrons. The third kappa shape index (κ3) is 2.63. The second-order valence-electron chi connectivity index (χ2n) is 6.08. The summed E-state index contributed by atoms with van der Waals surface area (Å²) in [5.74, 6) is -0.00949. The molecule has 1 N–H and O–H groups in total. The minimum absolute atomic E-state index is 0.00949. The smallest absolute Gasteiger partial charge is 0.268 e. The van der Waals surface area contributed by atoms with Crippen LogP contribution in [0.1, 0.15) is 41.4 Å². The van der Waals surface area contributed by atoms with Crippen molar-refractivity contribution in [2.45, 2.75) is 39.2 Å². The quantitative estimate of drug-likeness (QED) is 0.943. The lowest BCUT2D eigenvalue weighted by molar-refractivity contribution is 0.0851. The van der Waals surface area contributed by atoms with Crippen molar-refractivity contribution in [3.8, 4) is 0 Å². The normalized spacial score (nSPS) is 18.0. The molecule has 0 unspecified atom stereocenters. The molecule has 1 saturated heterocycles. The molecule has 1 aromatic carbocycles. The largest absolute Gasteiger partial charge is 0.376 e. The van der Waals surface area contributed by atoms with Crippen LogP contribution in [-0.2, 0) is 18.2 Å². The molecule has 3 rings (SSSR count). The summed E-state index contributed by atoms with van der Waals surface area (Å²) < 4.78 is 7.56. The second kappa shape index (κ2) is 6.13. The molecule has 1 aliphatic rings. The van der Waals surface area contributed by atoms with E-state index in [0.717, 1.165) is 42.6 Å². The molecule has 1 atom stereocenters. The van der Waals surface area contributed by atoms with Gasteiger partial charge in [-0.25, -0.2) is 0 Å². The number of hydrogen-bond donors (Lipinski definition) is 1. The number of rotatable bonds is 4. The Balaban J connectivity index is 1.87. The molecule has 1 fully saturated rings. The molecular formula is C18H24N2O2. The first-order valence-electron chi connectivity index (χ1n) is 8.09. The van der Waals surface area contributed by atoms with Gasteiger partial charge in [-0.05, 0) is 49.4 Å². The van der Waals surface area contributed by atoms with E-state index < -0.39 is 0 Å². The van der Waals surface area contributed by atoms with Crippen LogP contribution in [0.15, 0.2) is 18.2 Å². The van der Waals surface area contributed by atoms with Crippen molar-refractivity contribution < 1.29 is 9.53 Å². The van der Waals surface area contributed by atoms with Gasteiger partial charge in [-0.1, -0.05) is 13.0 Å². The first kappa shape index (κ1) is 15.1. The molecule has 0 spiro atoms. The van der Waals surface area contributed by atoms with E-state index in [0.29, 0.717) is 6.54 Å². The summed E-state index contributed by atoms with van der Waals surface area (Å²) in [6, 6.07) is 6.44. The Morgan fingerprint density at radius 3 is 2.95 bits per heavy atom. The van der Waals surface area contributed by atoms with E-state index >= 15 is 0 Å². The highest BCUT2D eigenvalue weighted by molar-refractivity contribution is 6.01. The summed E-state index contributed by atoms with van der Waals surface area (Å²) in [6.45, 7) is 5.59. The van der Waals surface area contributed by atoms with E-state index in [1.165, 1.54) is 10.9 Å². The molecule has 4 nitrogen and oxygen atoms in total. The summed E-state index contributed by atoms with van der Waals surface area (Å²) in [5, 5.41) is 4.20. The SMILES string of the molecule is CCc1ccc2c(c1)c(C)c(C(=O)NC[C@H]1CCCO1)n2C. The zero-order valence-corrected chi connectivity index (χ0v) is 13.6. The highest BCUT2D eigenvalue weighted by Gasteiger charge is 2.21. The Bertz CT molecular complexity index is 697. The van der Waals surface area contributed by atoms with Crippen molar-refractivity contribution in [2.24, 2.45) is 7.05 Å². The lowest BCUT2D eigenvalue weighted by Crippen LogP contribution is -2.33. The van der Waals surface area contributed by atoms with Crippen LogP contribution in [0.2, 0.25) is 0 Å². The van der Waals surface area contributed by atoms with Gasteiger partial charge >= 0.3 is 0 Å². The average Bonchev–Trinajstić information content (AvgIpc) is 3.13. The van der Waals surface area contributed by atoms with Crippen molar-refractivity contribution in [3.05, 3.63) is 35.0 Å². The van der Waals surface area contributed by atoms with Gasteiger partial charge in [-0.15, -0.1) is 0 Å². The van der Waals surface area contributed by atoms with Gasteiger partial charge in [0.2, 0.25) is 0 Å². The number of benzene rings is 1. The molecule has 0 aliphatic carbocycles. The van der Waals surface area contributed by atoms with Crippen molar-refractivity contribution in [1.82, 2.24) is 9.88 Å². The number of carbonyl (C=O) groups excluding carboxylic acids is 1. The van der Waals surface area contributed by atoms with Gasteiger partial charge in [0.1, 0.15) is 5.69 Å². The standard InChI is InChI=1S/C18H24N2O2/c1-4-13-7-8-16-15(10-13)12(2)17(20(16)3)18(21)19-11-14-6-5-9-22-14/h7-8,10,14H,4-6,9,11H2,1-3H3,(H,19,21)/t14-/m1/s1. The monoisotopic (exact) mass is 300 g/mol. The lowest BCUT2D eigenvalue weighted by Gasteiger charge is -2.12. The Morgan fingerprint density at radius 1 is 1.45 bits per heavy atom. The third-order valence-corrected chi connectivity index (χ3v) is 4.65. The van der Waals surface area contributed by atoms with E-state index in [1.54, 1.807) is 0 Å². The van der Waals surface area contributed by atoms with Gasteiger partial charge in [0.25, 0.3) is 5.91 Å². The fourth-order valence-corrected chi connectivity index (χ4v) is 3.31. The van der Waals surface area contributed by atoms with Gasteiger partial charge in [-0.2, -0.15) is 0 Å². The van der Waals surface area contributed by atoms with Crippen LogP contribution in [0.4, 0.5) is 0 Å². The predicted octanol–water partition coefficient (Wildman–Crippen LogP) is 2.96. The summed E-state index contributed by atoms with van der Waals surface area (Å²) in [5.41, 5.74) is 4.21. The molecule has 0 bridgehead atoms. The maximum absolute atomic E-state index is 12.6. The second-order valence-corrected chi connectivity index (χ2v) is 6.08. The minimum Gasteiger partial charge on any atom is -0.376 e. The number of aromatic nitrogens is 1. The molecule has 0 saturated carbocycles. The summed E-state index contributed by atoms with van der Waals surface area (Å²) >= 11 is 0. The minimum atomic E-state index is -0.00949. The topological polar surface area (TPSA) is 43.3 Å². The van der Waals surface area contributed by atoms with Crippen molar-refractivity contribution in [3.63, 3.8) is 0 Å². The molecule has 1 amide bonds. The molecule has 2 aromatic rings. The molecule has 1 aromatic heterocycles. The number of fused-ring (bicyclic) bond motifs is 1. The maximum atomic E-state index is 12.6. The molecular weight excluding hydrogens is 276 g/mol. The van der Waals surface area contributed by atoms with E-state index in [2.05, 4.69) is 30.4 Å². The van der Waals surface area contributed by atoms with Gasteiger partial charge in [0.05, 0.1) is 6.10 Å².